The van der Waals surface area contributed by atoms with Crippen LogP contribution in [-0.4, -0.2) is 45.5 Å². The molecule has 1 aliphatic heterocycles. The van der Waals surface area contributed by atoms with Crippen LogP contribution in [0, 0.1) is 11.8 Å². The van der Waals surface area contributed by atoms with E-state index in [1.165, 1.54) is 0 Å². The Kier molecular flexibility index (Phi) is 6.89. The molecule has 27 heavy (non-hydrogen) atoms. The Balaban J connectivity index is 2.25. The minimum absolute atomic E-state index is 0.288. The highest BCUT2D eigenvalue weighted by Crippen LogP contribution is 2.25. The van der Waals surface area contributed by atoms with Gasteiger partial charge in [-0.25, -0.2) is 9.59 Å². The lowest BCUT2D eigenvalue weighted by atomic mass is 10.1. The van der Waals surface area contributed by atoms with E-state index in [-0.39, 0.29) is 12.7 Å². The molecule has 1 aliphatic rings. The van der Waals surface area contributed by atoms with E-state index < -0.39 is 11.6 Å². The normalized spacial score (nSPS) is 13.4. The van der Waals surface area contributed by atoms with Crippen molar-refractivity contribution in [1.82, 2.24) is 14.7 Å². The zero-order valence-corrected chi connectivity index (χ0v) is 16.9. The number of carbonyl (C=O) groups is 2. The van der Waals surface area contributed by atoms with Crippen molar-refractivity contribution < 1.29 is 19.1 Å². The van der Waals surface area contributed by atoms with Gasteiger partial charge in [0, 0.05) is 31.5 Å². The number of ether oxygens (including phenoxy) is 2. The van der Waals surface area contributed by atoms with Gasteiger partial charge in [0.25, 0.3) is 0 Å². The number of rotatable bonds is 5. The van der Waals surface area contributed by atoms with Crippen molar-refractivity contribution in [1.29, 1.82) is 0 Å². The number of hydrogen-bond acceptors (Lipinski definition) is 5. The third kappa shape index (κ3) is 5.49. The van der Waals surface area contributed by atoms with Crippen LogP contribution in [0.1, 0.15) is 69.2 Å². The van der Waals surface area contributed by atoms with Crippen molar-refractivity contribution in [2.75, 3.05) is 13.2 Å². The molecule has 0 saturated heterocycles. The van der Waals surface area contributed by atoms with E-state index in [0.29, 0.717) is 31.7 Å². The molecule has 0 atom stereocenters. The molecule has 148 valence electrons. The second kappa shape index (κ2) is 8.94. The highest BCUT2D eigenvalue weighted by Gasteiger charge is 2.32. The molecule has 1 aromatic heterocycles. The Labute approximate surface area is 161 Å². The molecule has 7 heteroatoms. The number of fused-ring (bicyclic) bond motifs is 1. The number of amides is 1. The number of nitrogens with zero attached hydrogens (tertiary/aromatic N) is 3. The van der Waals surface area contributed by atoms with Gasteiger partial charge in [-0.1, -0.05) is 0 Å². The van der Waals surface area contributed by atoms with Gasteiger partial charge in [0.15, 0.2) is 5.69 Å². The van der Waals surface area contributed by atoms with E-state index in [2.05, 4.69) is 16.9 Å². The fourth-order valence-corrected chi connectivity index (χ4v) is 2.94. The Morgan fingerprint density at radius 2 is 2.04 bits per heavy atom. The molecule has 0 unspecified atom stereocenters. The van der Waals surface area contributed by atoms with Crippen LogP contribution in [0.4, 0.5) is 4.79 Å². The average Bonchev–Trinajstić information content (AvgIpc) is 2.94. The summed E-state index contributed by atoms with van der Waals surface area (Å²) < 4.78 is 12.4. The van der Waals surface area contributed by atoms with E-state index in [0.717, 1.165) is 24.1 Å². The average molecular weight is 375 g/mol. The Morgan fingerprint density at radius 3 is 2.67 bits per heavy atom. The Bertz CT molecular complexity index is 750. The molecular weight excluding hydrogens is 346 g/mol. The van der Waals surface area contributed by atoms with Crippen LogP contribution in [0.2, 0.25) is 0 Å². The van der Waals surface area contributed by atoms with Crippen molar-refractivity contribution in [2.45, 2.75) is 72.6 Å². The van der Waals surface area contributed by atoms with Crippen molar-refractivity contribution >= 4 is 12.1 Å². The summed E-state index contributed by atoms with van der Waals surface area (Å²) in [6.07, 6.45) is 1.74. The SMILES string of the molecule is CC#CCCCn1nc2c(c1C(=O)OCC)CN(C(=O)OC(C)(C)C)CC2. The zero-order chi connectivity index (χ0) is 20.0. The number of carbonyl (C=O) groups excluding carboxylic acids is 2. The minimum Gasteiger partial charge on any atom is -0.461 e. The fraction of sp³-hybridized carbons (Fsp3) is 0.650. The zero-order valence-electron chi connectivity index (χ0n) is 16.9. The number of aromatic nitrogens is 2. The highest BCUT2D eigenvalue weighted by molar-refractivity contribution is 5.90. The third-order valence-electron chi connectivity index (χ3n) is 4.07. The predicted octanol–water partition coefficient (Wildman–Crippen LogP) is 3.16. The molecule has 0 aliphatic carbocycles. The first-order chi connectivity index (χ1) is 12.8. The molecular formula is C20H29N3O4. The molecule has 0 bridgehead atoms. The smallest absolute Gasteiger partial charge is 0.410 e. The van der Waals surface area contributed by atoms with Crippen molar-refractivity contribution in [3.8, 4) is 11.8 Å². The number of esters is 1. The molecule has 1 aromatic rings. The van der Waals surface area contributed by atoms with Crippen molar-refractivity contribution in [2.24, 2.45) is 0 Å². The molecule has 0 fully saturated rings. The number of unbranched alkanes of at least 4 members (excludes halogenated alkanes) is 1. The van der Waals surface area contributed by atoms with Gasteiger partial charge in [-0.3, -0.25) is 4.68 Å². The fourth-order valence-electron chi connectivity index (χ4n) is 2.94. The van der Waals surface area contributed by atoms with Crippen molar-refractivity contribution in [3.05, 3.63) is 17.0 Å². The standard InChI is InChI=1S/C20H29N3O4/c1-6-8-9-10-12-23-17(18(24)26-7-2)15-14-22(13-11-16(15)21-23)19(25)27-20(3,4)5/h7,9-14H2,1-5H3. The van der Waals surface area contributed by atoms with Gasteiger partial charge in [-0.2, -0.15) is 5.10 Å². The summed E-state index contributed by atoms with van der Waals surface area (Å²) in [6.45, 7) is 10.8. The molecule has 0 aromatic carbocycles. The van der Waals surface area contributed by atoms with Crippen LogP contribution in [0.3, 0.4) is 0 Å². The summed E-state index contributed by atoms with van der Waals surface area (Å²) in [6, 6.07) is 0. The summed E-state index contributed by atoms with van der Waals surface area (Å²) in [7, 11) is 0. The summed E-state index contributed by atoms with van der Waals surface area (Å²) >= 11 is 0. The topological polar surface area (TPSA) is 73.7 Å². The molecule has 2 rings (SSSR count). The first kappa shape index (κ1) is 20.8. The summed E-state index contributed by atoms with van der Waals surface area (Å²) in [5.74, 6) is 5.49. The van der Waals surface area contributed by atoms with Crippen LogP contribution in [0.15, 0.2) is 0 Å². The predicted molar refractivity (Wildman–Crippen MR) is 101 cm³/mol. The van der Waals surface area contributed by atoms with Crippen LogP contribution >= 0.6 is 0 Å². The lowest BCUT2D eigenvalue weighted by molar-refractivity contribution is 0.0220. The maximum Gasteiger partial charge on any atom is 0.410 e. The molecule has 1 amide bonds. The van der Waals surface area contributed by atoms with Crippen LogP contribution < -0.4 is 0 Å². The van der Waals surface area contributed by atoms with E-state index in [1.54, 1.807) is 16.5 Å². The van der Waals surface area contributed by atoms with Crippen molar-refractivity contribution in [3.63, 3.8) is 0 Å². The Morgan fingerprint density at radius 1 is 1.30 bits per heavy atom. The lowest BCUT2D eigenvalue weighted by Crippen LogP contribution is -2.40. The molecule has 0 N–H and O–H groups in total. The van der Waals surface area contributed by atoms with Gasteiger partial charge >= 0.3 is 12.1 Å². The lowest BCUT2D eigenvalue weighted by Gasteiger charge is -2.29. The molecule has 0 saturated carbocycles. The maximum atomic E-state index is 12.5. The van der Waals surface area contributed by atoms with Gasteiger partial charge in [0.1, 0.15) is 5.60 Å². The molecule has 0 radical (unpaired) electrons. The summed E-state index contributed by atoms with van der Waals surface area (Å²) in [4.78, 5) is 26.6. The maximum absolute atomic E-state index is 12.5. The second-order valence-corrected chi connectivity index (χ2v) is 7.40. The van der Waals surface area contributed by atoms with Crippen LogP contribution in [0.25, 0.3) is 0 Å². The third-order valence-corrected chi connectivity index (χ3v) is 4.07. The van der Waals surface area contributed by atoms with Gasteiger partial charge in [-0.15, -0.1) is 11.8 Å². The van der Waals surface area contributed by atoms with E-state index >= 15 is 0 Å². The molecule has 7 nitrogen and oxygen atoms in total. The van der Waals surface area contributed by atoms with Gasteiger partial charge < -0.3 is 14.4 Å². The minimum atomic E-state index is -0.564. The summed E-state index contributed by atoms with van der Waals surface area (Å²) in [5, 5.41) is 4.61. The second-order valence-electron chi connectivity index (χ2n) is 7.40. The van der Waals surface area contributed by atoms with Crippen LogP contribution in [-0.2, 0) is 29.0 Å². The molecule has 2 heterocycles. The molecule has 0 spiro atoms. The first-order valence-corrected chi connectivity index (χ1v) is 9.40. The van der Waals surface area contributed by atoms with E-state index in [9.17, 15) is 9.59 Å². The quantitative estimate of drug-likeness (QED) is 0.449. The van der Waals surface area contributed by atoms with Gasteiger partial charge in [0.2, 0.25) is 0 Å². The van der Waals surface area contributed by atoms with E-state index in [1.807, 2.05) is 27.7 Å². The monoisotopic (exact) mass is 375 g/mol. The van der Waals surface area contributed by atoms with Crippen LogP contribution in [0.5, 0.6) is 0 Å². The number of hydrogen-bond donors (Lipinski definition) is 0. The van der Waals surface area contributed by atoms with E-state index in [4.69, 9.17) is 9.47 Å². The Hall–Kier alpha value is -2.49. The highest BCUT2D eigenvalue weighted by atomic mass is 16.6. The largest absolute Gasteiger partial charge is 0.461 e. The first-order valence-electron chi connectivity index (χ1n) is 9.40. The summed E-state index contributed by atoms with van der Waals surface area (Å²) in [5.41, 5.74) is 1.47. The van der Waals surface area contributed by atoms with Gasteiger partial charge in [-0.05, 0) is 41.0 Å². The number of aryl methyl sites for hydroxylation is 1. The van der Waals surface area contributed by atoms with Gasteiger partial charge in [0.05, 0.1) is 18.8 Å².